The molecule has 0 fully saturated rings. The Morgan fingerprint density at radius 2 is 1.54 bits per heavy atom. The van der Waals surface area contributed by atoms with Crippen LogP contribution in [0.4, 0.5) is 0 Å². The van der Waals surface area contributed by atoms with Crippen LogP contribution in [0, 0.1) is 6.92 Å². The molecule has 0 aliphatic heterocycles. The lowest BCUT2D eigenvalue weighted by molar-refractivity contribution is 0.220. The number of nitrogens with zero attached hydrogens (tertiary/aromatic N) is 2. The van der Waals surface area contributed by atoms with Crippen molar-refractivity contribution in [3.8, 4) is 17.5 Å². The molecule has 0 aliphatic carbocycles. The van der Waals surface area contributed by atoms with E-state index in [1.807, 2.05) is 58.9 Å². The average molecular weight is 380 g/mol. The van der Waals surface area contributed by atoms with Gasteiger partial charge in [0.2, 0.25) is 11.8 Å². The number of furan rings is 1. The van der Waals surface area contributed by atoms with Crippen LogP contribution in [-0.2, 0) is 0 Å². The lowest BCUT2D eigenvalue weighted by Crippen LogP contribution is -2.11. The van der Waals surface area contributed by atoms with Crippen molar-refractivity contribution in [2.45, 2.75) is 46.8 Å². The van der Waals surface area contributed by atoms with E-state index in [1.165, 1.54) is 0 Å². The Labute approximate surface area is 163 Å². The summed E-state index contributed by atoms with van der Waals surface area (Å²) in [7, 11) is 1.65. The Morgan fingerprint density at radius 3 is 2.21 bits per heavy atom. The summed E-state index contributed by atoms with van der Waals surface area (Å²) in [6.07, 6.45) is -0.0648. The Bertz CT molecular complexity index is 1180. The number of hydrogen-bond acceptors (Lipinski definition) is 6. The van der Waals surface area contributed by atoms with E-state index in [4.69, 9.17) is 18.6 Å². The maximum Gasteiger partial charge on any atom is 0.242 e. The summed E-state index contributed by atoms with van der Waals surface area (Å²) in [4.78, 5) is 0. The molecule has 28 heavy (non-hydrogen) atoms. The molecular formula is C22H24N2O4. The maximum absolute atomic E-state index is 6.17. The normalized spacial score (nSPS) is 11.9. The zero-order chi connectivity index (χ0) is 20.0. The zero-order valence-corrected chi connectivity index (χ0v) is 17.0. The van der Waals surface area contributed by atoms with Gasteiger partial charge in [0.1, 0.15) is 16.9 Å². The summed E-state index contributed by atoms with van der Waals surface area (Å²) in [6.45, 7) is 9.89. The van der Waals surface area contributed by atoms with E-state index in [9.17, 15) is 0 Å². The minimum atomic E-state index is -0.0431. The number of aryl methyl sites for hydroxylation is 1. The van der Waals surface area contributed by atoms with Crippen LogP contribution >= 0.6 is 0 Å². The van der Waals surface area contributed by atoms with Gasteiger partial charge in [-0.25, -0.2) is 0 Å². The van der Waals surface area contributed by atoms with Gasteiger partial charge in [-0.2, -0.15) is 0 Å². The fraction of sp³-hybridized carbons (Fsp3) is 0.364. The molecule has 6 heteroatoms. The standard InChI is InChI=1S/C22H24N2O4/c1-11(2)26-21-16-9-13(5)20-18(19(16)22(24-23-21)27-12(3)4)15-10-14(25-6)7-8-17(15)28-20/h7-12H,1-6H3. The third kappa shape index (κ3) is 2.99. The van der Waals surface area contributed by atoms with Gasteiger partial charge in [0, 0.05) is 10.8 Å². The molecule has 2 aromatic carbocycles. The first-order valence-corrected chi connectivity index (χ1v) is 9.42. The molecule has 4 aromatic rings. The Balaban J connectivity index is 2.18. The molecule has 0 amide bonds. The minimum Gasteiger partial charge on any atom is -0.497 e. The van der Waals surface area contributed by atoms with Crippen molar-refractivity contribution >= 4 is 32.7 Å². The van der Waals surface area contributed by atoms with Gasteiger partial charge in [0.15, 0.2) is 0 Å². The number of hydrogen-bond donors (Lipinski definition) is 0. The lowest BCUT2D eigenvalue weighted by atomic mass is 10.0. The fourth-order valence-corrected chi connectivity index (χ4v) is 3.42. The highest BCUT2D eigenvalue weighted by molar-refractivity contribution is 6.22. The molecule has 6 nitrogen and oxygen atoms in total. The predicted octanol–water partition coefficient (Wildman–Crippen LogP) is 5.42. The van der Waals surface area contributed by atoms with Crippen molar-refractivity contribution in [1.29, 1.82) is 0 Å². The molecule has 0 saturated heterocycles. The van der Waals surface area contributed by atoms with Gasteiger partial charge in [-0.3, -0.25) is 0 Å². The van der Waals surface area contributed by atoms with E-state index in [-0.39, 0.29) is 12.2 Å². The van der Waals surface area contributed by atoms with Crippen LogP contribution in [0.3, 0.4) is 0 Å². The number of benzene rings is 2. The molecule has 0 aliphatic rings. The van der Waals surface area contributed by atoms with Gasteiger partial charge in [-0.15, -0.1) is 10.2 Å². The van der Waals surface area contributed by atoms with Crippen molar-refractivity contribution in [1.82, 2.24) is 10.2 Å². The van der Waals surface area contributed by atoms with Gasteiger partial charge < -0.3 is 18.6 Å². The molecule has 4 rings (SSSR count). The second kappa shape index (κ2) is 6.86. The SMILES string of the molecule is COc1ccc2oc3c(C)cc4c(OC(C)C)nnc(OC(C)C)c4c3c2c1. The summed E-state index contributed by atoms with van der Waals surface area (Å²) >= 11 is 0. The van der Waals surface area contributed by atoms with Crippen molar-refractivity contribution in [3.05, 3.63) is 29.8 Å². The molecular weight excluding hydrogens is 356 g/mol. The first-order chi connectivity index (χ1) is 13.4. The highest BCUT2D eigenvalue weighted by atomic mass is 16.5. The Kier molecular flexibility index (Phi) is 4.49. The quantitative estimate of drug-likeness (QED) is 0.460. The van der Waals surface area contributed by atoms with Crippen molar-refractivity contribution in [2.24, 2.45) is 0 Å². The van der Waals surface area contributed by atoms with E-state index in [1.54, 1.807) is 7.11 Å². The monoisotopic (exact) mass is 380 g/mol. The molecule has 0 saturated carbocycles. The third-order valence-electron chi connectivity index (χ3n) is 4.50. The third-order valence-corrected chi connectivity index (χ3v) is 4.50. The Morgan fingerprint density at radius 1 is 0.857 bits per heavy atom. The van der Waals surface area contributed by atoms with Crippen LogP contribution in [0.5, 0.6) is 17.5 Å². The molecule has 0 atom stereocenters. The van der Waals surface area contributed by atoms with E-state index >= 15 is 0 Å². The molecule has 2 heterocycles. The van der Waals surface area contributed by atoms with Crippen LogP contribution in [0.15, 0.2) is 28.7 Å². The summed E-state index contributed by atoms with van der Waals surface area (Å²) in [5.41, 5.74) is 2.58. The van der Waals surface area contributed by atoms with Crippen LogP contribution < -0.4 is 14.2 Å². The summed E-state index contributed by atoms with van der Waals surface area (Å²) in [5, 5.41) is 12.2. The minimum absolute atomic E-state index is 0.0217. The van der Waals surface area contributed by atoms with Crippen LogP contribution in [0.25, 0.3) is 32.7 Å². The molecule has 0 bridgehead atoms. The smallest absolute Gasteiger partial charge is 0.242 e. The van der Waals surface area contributed by atoms with Crippen molar-refractivity contribution in [2.75, 3.05) is 7.11 Å². The molecule has 0 radical (unpaired) electrons. The van der Waals surface area contributed by atoms with Gasteiger partial charge in [0.25, 0.3) is 0 Å². The first kappa shape index (κ1) is 18.3. The number of fused-ring (bicyclic) bond motifs is 5. The van der Waals surface area contributed by atoms with E-state index in [0.717, 1.165) is 44.0 Å². The van der Waals surface area contributed by atoms with E-state index in [0.29, 0.717) is 11.8 Å². The van der Waals surface area contributed by atoms with Gasteiger partial charge in [-0.05, 0) is 64.4 Å². The lowest BCUT2D eigenvalue weighted by Gasteiger charge is -2.15. The largest absolute Gasteiger partial charge is 0.497 e. The maximum atomic E-state index is 6.17. The number of aromatic nitrogens is 2. The van der Waals surface area contributed by atoms with Crippen LogP contribution in [0.2, 0.25) is 0 Å². The second-order valence-electron chi connectivity index (χ2n) is 7.43. The van der Waals surface area contributed by atoms with Gasteiger partial charge in [-0.1, -0.05) is 0 Å². The average Bonchev–Trinajstić information content (AvgIpc) is 3.02. The summed E-state index contributed by atoms with van der Waals surface area (Å²) in [5.74, 6) is 1.72. The number of methoxy groups -OCH3 is 1. The predicted molar refractivity (Wildman–Crippen MR) is 110 cm³/mol. The highest BCUT2D eigenvalue weighted by Crippen LogP contribution is 2.43. The van der Waals surface area contributed by atoms with E-state index < -0.39 is 0 Å². The summed E-state index contributed by atoms with van der Waals surface area (Å²) < 4.78 is 23.5. The van der Waals surface area contributed by atoms with Gasteiger partial charge in [0.05, 0.1) is 30.1 Å². The fourth-order valence-electron chi connectivity index (χ4n) is 3.42. The molecule has 0 N–H and O–H groups in total. The van der Waals surface area contributed by atoms with Crippen molar-refractivity contribution in [3.63, 3.8) is 0 Å². The molecule has 146 valence electrons. The van der Waals surface area contributed by atoms with Gasteiger partial charge >= 0.3 is 0 Å². The topological polar surface area (TPSA) is 66.6 Å². The second-order valence-corrected chi connectivity index (χ2v) is 7.43. The van der Waals surface area contributed by atoms with Crippen LogP contribution in [0.1, 0.15) is 33.3 Å². The number of rotatable bonds is 5. The summed E-state index contributed by atoms with van der Waals surface area (Å²) in [6, 6.07) is 7.81. The Hall–Kier alpha value is -3.02. The molecule has 2 aromatic heterocycles. The van der Waals surface area contributed by atoms with E-state index in [2.05, 4.69) is 10.2 Å². The first-order valence-electron chi connectivity index (χ1n) is 9.42. The van der Waals surface area contributed by atoms with Crippen molar-refractivity contribution < 1.29 is 18.6 Å². The zero-order valence-electron chi connectivity index (χ0n) is 17.0. The number of ether oxygens (including phenoxy) is 3. The highest BCUT2D eigenvalue weighted by Gasteiger charge is 2.22. The van der Waals surface area contributed by atoms with Crippen LogP contribution in [-0.4, -0.2) is 29.5 Å². The molecule has 0 unspecified atom stereocenters. The molecule has 0 spiro atoms.